The SMILES string of the molecule is Cn1c2c(c(=O)[nH]c1=O)N(Cc1ccccc1)C(Br)N2CCCO[Si](C)(C)C(C)(C)C. The molecular weight excluding hydrogens is 476 g/mol. The molecule has 2 aromatic rings. The number of rotatable bonds is 7. The minimum absolute atomic E-state index is 0.162. The van der Waals surface area contributed by atoms with Crippen molar-refractivity contribution in [3.05, 3.63) is 56.7 Å². The van der Waals surface area contributed by atoms with Crippen molar-refractivity contribution in [1.29, 1.82) is 0 Å². The van der Waals surface area contributed by atoms with Gasteiger partial charge in [0.2, 0.25) is 0 Å². The summed E-state index contributed by atoms with van der Waals surface area (Å²) in [6.07, 6.45) is 0.800. The molecule has 0 saturated carbocycles. The van der Waals surface area contributed by atoms with Gasteiger partial charge in [-0.25, -0.2) is 4.79 Å². The van der Waals surface area contributed by atoms with E-state index in [1.165, 1.54) is 4.57 Å². The van der Waals surface area contributed by atoms with Crippen LogP contribution in [-0.2, 0) is 18.0 Å². The predicted molar refractivity (Wildman–Crippen MR) is 133 cm³/mol. The Hall–Kier alpha value is -1.84. The van der Waals surface area contributed by atoms with Crippen LogP contribution in [0.15, 0.2) is 39.9 Å². The van der Waals surface area contributed by atoms with Crippen LogP contribution in [0.1, 0.15) is 32.8 Å². The molecular formula is C22H33BrN4O3Si. The van der Waals surface area contributed by atoms with Gasteiger partial charge < -0.3 is 14.2 Å². The van der Waals surface area contributed by atoms with Crippen molar-refractivity contribution in [3.8, 4) is 0 Å². The third-order valence-electron chi connectivity index (χ3n) is 6.35. The van der Waals surface area contributed by atoms with E-state index in [0.717, 1.165) is 12.0 Å². The van der Waals surface area contributed by atoms with Gasteiger partial charge in [-0.15, -0.1) is 0 Å². The number of hydrogen-bond donors (Lipinski definition) is 1. The third kappa shape index (κ3) is 4.83. The van der Waals surface area contributed by atoms with Crippen LogP contribution in [0.2, 0.25) is 18.1 Å². The Morgan fingerprint density at radius 2 is 1.77 bits per heavy atom. The zero-order valence-electron chi connectivity index (χ0n) is 19.2. The normalized spacial score (nSPS) is 16.7. The van der Waals surface area contributed by atoms with Crippen LogP contribution < -0.4 is 21.0 Å². The monoisotopic (exact) mass is 508 g/mol. The Kier molecular flexibility index (Phi) is 6.88. The summed E-state index contributed by atoms with van der Waals surface area (Å²) in [5, 5.41) is -0.0702. The number of aromatic amines is 1. The molecule has 1 aliphatic rings. The first-order valence-electron chi connectivity index (χ1n) is 10.6. The lowest BCUT2D eigenvalue weighted by Crippen LogP contribution is -2.42. The second kappa shape index (κ2) is 8.95. The standard InChI is InChI=1S/C22H33BrN4O3Si/c1-22(2,3)31(5,6)30-14-10-13-26-19-17(18(28)24-21(29)25(19)4)27(20(26)23)15-16-11-8-7-9-12-16/h7-9,11-12,20H,10,13-15H2,1-6H3,(H,24,28,29). The fraction of sp³-hybridized carbons (Fsp3) is 0.545. The molecule has 0 aliphatic carbocycles. The van der Waals surface area contributed by atoms with Crippen molar-refractivity contribution in [1.82, 2.24) is 9.55 Å². The number of alkyl halides is 1. The summed E-state index contributed by atoms with van der Waals surface area (Å²) in [6, 6.07) is 10.0. The molecule has 1 aromatic heterocycles. The van der Waals surface area contributed by atoms with E-state index < -0.39 is 14.0 Å². The van der Waals surface area contributed by atoms with Crippen LogP contribution in [0.5, 0.6) is 0 Å². The number of benzene rings is 1. The van der Waals surface area contributed by atoms with E-state index in [2.05, 4.69) is 59.7 Å². The highest BCUT2D eigenvalue weighted by molar-refractivity contribution is 9.09. The quantitative estimate of drug-likeness (QED) is 0.265. The number of H-pyrrole nitrogens is 1. The van der Waals surface area contributed by atoms with Crippen molar-refractivity contribution in [2.45, 2.75) is 56.9 Å². The van der Waals surface area contributed by atoms with Crippen molar-refractivity contribution in [2.75, 3.05) is 23.0 Å². The molecule has 7 nitrogen and oxygen atoms in total. The lowest BCUT2D eigenvalue weighted by Gasteiger charge is -2.36. The number of aromatic nitrogens is 2. The van der Waals surface area contributed by atoms with Crippen LogP contribution in [0.3, 0.4) is 0 Å². The largest absolute Gasteiger partial charge is 0.417 e. The van der Waals surface area contributed by atoms with Crippen LogP contribution in [-0.4, -0.2) is 36.1 Å². The highest BCUT2D eigenvalue weighted by Gasteiger charge is 2.39. The first kappa shape index (κ1) is 23.8. The number of nitrogens with zero attached hydrogens (tertiary/aromatic N) is 3. The van der Waals surface area contributed by atoms with Gasteiger partial charge in [-0.3, -0.25) is 14.3 Å². The summed E-state index contributed by atoms with van der Waals surface area (Å²) in [5.41, 5.74) is 0.832. The summed E-state index contributed by atoms with van der Waals surface area (Å²) in [4.78, 5) is 31.6. The van der Waals surface area contributed by atoms with Crippen molar-refractivity contribution in [3.63, 3.8) is 0 Å². The molecule has 0 spiro atoms. The van der Waals surface area contributed by atoms with E-state index in [1.54, 1.807) is 7.05 Å². The van der Waals surface area contributed by atoms with E-state index in [0.29, 0.717) is 31.2 Å². The molecule has 9 heteroatoms. The lowest BCUT2D eigenvalue weighted by molar-refractivity contribution is 0.283. The van der Waals surface area contributed by atoms with E-state index in [9.17, 15) is 9.59 Å². The summed E-state index contributed by atoms with van der Waals surface area (Å²) in [5.74, 6) is 0.638. The maximum Gasteiger partial charge on any atom is 0.329 e. The fourth-order valence-corrected chi connectivity index (χ4v) is 5.32. The third-order valence-corrected chi connectivity index (χ3v) is 11.9. The van der Waals surface area contributed by atoms with Crippen molar-refractivity contribution < 1.29 is 4.43 Å². The molecule has 31 heavy (non-hydrogen) atoms. The molecule has 170 valence electrons. The maximum absolute atomic E-state index is 12.8. The van der Waals surface area contributed by atoms with E-state index in [1.807, 2.05) is 35.2 Å². The zero-order chi connectivity index (χ0) is 23.0. The summed E-state index contributed by atoms with van der Waals surface area (Å²) >= 11 is 3.78. The maximum atomic E-state index is 12.8. The van der Waals surface area contributed by atoms with Gasteiger partial charge in [0.15, 0.2) is 13.4 Å². The molecule has 0 radical (unpaired) electrons. The minimum Gasteiger partial charge on any atom is -0.417 e. The Morgan fingerprint density at radius 1 is 1.13 bits per heavy atom. The number of nitrogens with one attached hydrogen (secondary N) is 1. The van der Waals surface area contributed by atoms with Crippen LogP contribution in [0.25, 0.3) is 0 Å². The Labute approximate surface area is 193 Å². The fourth-order valence-electron chi connectivity index (χ4n) is 3.49. The van der Waals surface area contributed by atoms with Gasteiger partial charge in [0.05, 0.1) is 0 Å². The van der Waals surface area contributed by atoms with Gasteiger partial charge >= 0.3 is 5.69 Å². The molecule has 1 atom stereocenters. The molecule has 1 N–H and O–H groups in total. The van der Waals surface area contributed by atoms with Gasteiger partial charge in [0.25, 0.3) is 5.56 Å². The van der Waals surface area contributed by atoms with Crippen LogP contribution in [0, 0.1) is 0 Å². The van der Waals surface area contributed by atoms with Gasteiger partial charge in [-0.05, 0) is 46.0 Å². The smallest absolute Gasteiger partial charge is 0.329 e. The topological polar surface area (TPSA) is 70.6 Å². The first-order valence-corrected chi connectivity index (χ1v) is 14.4. The highest BCUT2D eigenvalue weighted by atomic mass is 79.9. The molecule has 0 amide bonds. The molecule has 1 aromatic carbocycles. The number of fused-ring (bicyclic) bond motifs is 1. The van der Waals surface area contributed by atoms with Gasteiger partial charge in [0.1, 0.15) is 11.5 Å². The lowest BCUT2D eigenvalue weighted by atomic mass is 10.2. The number of hydrogen-bond acceptors (Lipinski definition) is 5. The molecule has 0 bridgehead atoms. The van der Waals surface area contributed by atoms with Gasteiger partial charge in [-0.2, -0.15) is 0 Å². The molecule has 1 aliphatic heterocycles. The van der Waals surface area contributed by atoms with Crippen molar-refractivity contribution in [2.24, 2.45) is 7.05 Å². The molecule has 0 saturated heterocycles. The number of anilines is 2. The Morgan fingerprint density at radius 3 is 2.39 bits per heavy atom. The highest BCUT2D eigenvalue weighted by Crippen LogP contribution is 2.39. The van der Waals surface area contributed by atoms with Gasteiger partial charge in [-0.1, -0.05) is 51.1 Å². The second-order valence-electron chi connectivity index (χ2n) is 9.57. The van der Waals surface area contributed by atoms with E-state index in [-0.39, 0.29) is 15.7 Å². The minimum atomic E-state index is -1.81. The average molecular weight is 510 g/mol. The molecule has 2 heterocycles. The van der Waals surface area contributed by atoms with E-state index >= 15 is 0 Å². The van der Waals surface area contributed by atoms with Crippen LogP contribution >= 0.6 is 15.9 Å². The zero-order valence-corrected chi connectivity index (χ0v) is 21.8. The summed E-state index contributed by atoms with van der Waals surface area (Å²) in [6.45, 7) is 13.1. The predicted octanol–water partition coefficient (Wildman–Crippen LogP) is 3.99. The summed E-state index contributed by atoms with van der Waals surface area (Å²) in [7, 11) is -0.118. The number of halogens is 1. The van der Waals surface area contributed by atoms with E-state index in [4.69, 9.17) is 4.43 Å². The summed E-state index contributed by atoms with van der Waals surface area (Å²) < 4.78 is 7.84. The Bertz CT molecular complexity index is 1030. The molecule has 3 rings (SSSR count). The average Bonchev–Trinajstić information content (AvgIpc) is 2.96. The molecule has 1 unspecified atom stereocenters. The Balaban J connectivity index is 1.83. The molecule has 0 fully saturated rings. The van der Waals surface area contributed by atoms with Crippen LogP contribution in [0.4, 0.5) is 11.5 Å². The van der Waals surface area contributed by atoms with Gasteiger partial charge in [0, 0.05) is 26.7 Å². The van der Waals surface area contributed by atoms with Crippen molar-refractivity contribution >= 4 is 35.8 Å². The first-order chi connectivity index (χ1) is 14.4. The second-order valence-corrected chi connectivity index (χ2v) is 15.2.